The molecule has 0 amide bonds. The fraction of sp³-hybridized carbons (Fsp3) is 0.480. The van der Waals surface area contributed by atoms with Crippen LogP contribution in [0.3, 0.4) is 0 Å². The first-order chi connectivity index (χ1) is 14.2. The van der Waals surface area contributed by atoms with Crippen LogP contribution < -0.4 is 0 Å². The summed E-state index contributed by atoms with van der Waals surface area (Å²) in [5.41, 5.74) is 2.77. The van der Waals surface area contributed by atoms with Crippen molar-refractivity contribution >= 4 is 30.6 Å². The van der Waals surface area contributed by atoms with E-state index in [0.29, 0.717) is 6.04 Å². The van der Waals surface area contributed by atoms with Gasteiger partial charge in [-0.1, -0.05) is 48.5 Å². The number of halogens is 2. The lowest BCUT2D eigenvalue weighted by Gasteiger charge is -2.39. The largest absolute Gasteiger partial charge is 0.379 e. The molecule has 2 atom stereocenters. The molecule has 0 N–H and O–H groups in total. The fourth-order valence-electron chi connectivity index (χ4n) is 4.65. The minimum absolute atomic E-state index is 0. The van der Waals surface area contributed by atoms with E-state index in [1.54, 1.807) is 0 Å². The van der Waals surface area contributed by atoms with Gasteiger partial charge in [0.1, 0.15) is 0 Å². The lowest BCUT2D eigenvalue weighted by Crippen LogP contribution is -2.45. The first-order valence-corrected chi connectivity index (χ1v) is 10.9. The van der Waals surface area contributed by atoms with Gasteiger partial charge in [-0.25, -0.2) is 0 Å². The van der Waals surface area contributed by atoms with Crippen LogP contribution in [0.25, 0.3) is 0 Å². The van der Waals surface area contributed by atoms with Crippen LogP contribution >= 0.6 is 24.8 Å². The van der Waals surface area contributed by atoms with Gasteiger partial charge in [0.15, 0.2) is 5.78 Å². The van der Waals surface area contributed by atoms with Gasteiger partial charge in [-0.2, -0.15) is 0 Å². The molecule has 2 unspecified atom stereocenters. The molecule has 4 rings (SSSR count). The highest BCUT2D eigenvalue weighted by Gasteiger charge is 2.26. The van der Waals surface area contributed by atoms with Crippen molar-refractivity contribution in [1.29, 1.82) is 0 Å². The molecular formula is C25H34Cl2N2O2. The van der Waals surface area contributed by atoms with Gasteiger partial charge in [0, 0.05) is 43.3 Å². The lowest BCUT2D eigenvalue weighted by molar-refractivity contribution is 0.0200. The molecule has 2 fully saturated rings. The third-order valence-electron chi connectivity index (χ3n) is 6.39. The van der Waals surface area contributed by atoms with Gasteiger partial charge in [0.05, 0.1) is 13.2 Å². The second-order valence-electron chi connectivity index (χ2n) is 8.41. The zero-order valence-electron chi connectivity index (χ0n) is 18.2. The average molecular weight is 465 g/mol. The maximum absolute atomic E-state index is 12.8. The van der Waals surface area contributed by atoms with Crippen molar-refractivity contribution < 1.29 is 9.53 Å². The number of ketones is 1. The minimum atomic E-state index is 0. The number of ether oxygens (including phenoxy) is 1. The van der Waals surface area contributed by atoms with E-state index >= 15 is 0 Å². The van der Waals surface area contributed by atoms with Crippen LogP contribution in [0.2, 0.25) is 0 Å². The van der Waals surface area contributed by atoms with Crippen molar-refractivity contribution in [2.75, 3.05) is 45.9 Å². The number of hydrogen-bond donors (Lipinski definition) is 0. The Labute approximate surface area is 198 Å². The van der Waals surface area contributed by atoms with E-state index in [2.05, 4.69) is 28.9 Å². The molecule has 2 saturated heterocycles. The highest BCUT2D eigenvalue weighted by molar-refractivity contribution is 6.09. The summed E-state index contributed by atoms with van der Waals surface area (Å²) in [5, 5.41) is 0. The van der Waals surface area contributed by atoms with E-state index in [1.165, 1.54) is 24.9 Å². The average Bonchev–Trinajstić information content (AvgIpc) is 2.79. The molecule has 170 valence electrons. The number of likely N-dealkylation sites (tertiary alicyclic amines) is 1. The van der Waals surface area contributed by atoms with Crippen LogP contribution in [0.1, 0.15) is 47.3 Å². The summed E-state index contributed by atoms with van der Waals surface area (Å²) in [6.07, 6.45) is 2.56. The summed E-state index contributed by atoms with van der Waals surface area (Å²) in [7, 11) is 0. The molecule has 0 aliphatic carbocycles. The summed E-state index contributed by atoms with van der Waals surface area (Å²) in [6.45, 7) is 9.60. The number of piperidine rings is 1. The maximum Gasteiger partial charge on any atom is 0.193 e. The zero-order chi connectivity index (χ0) is 20.1. The number of benzene rings is 2. The Morgan fingerprint density at radius 2 is 1.71 bits per heavy atom. The van der Waals surface area contributed by atoms with Gasteiger partial charge in [-0.15, -0.1) is 24.8 Å². The Hall–Kier alpha value is -1.43. The monoisotopic (exact) mass is 464 g/mol. The third kappa shape index (κ3) is 6.77. The first-order valence-electron chi connectivity index (χ1n) is 10.9. The molecule has 0 saturated carbocycles. The summed E-state index contributed by atoms with van der Waals surface area (Å²) < 4.78 is 5.49. The van der Waals surface area contributed by atoms with Crippen molar-refractivity contribution in [3.63, 3.8) is 0 Å². The van der Waals surface area contributed by atoms with Crippen LogP contribution in [-0.4, -0.2) is 61.5 Å². The highest BCUT2D eigenvalue weighted by Crippen LogP contribution is 2.28. The number of carbonyl (C=O) groups excluding carboxylic acids is 1. The van der Waals surface area contributed by atoms with E-state index in [1.807, 2.05) is 42.5 Å². The third-order valence-corrected chi connectivity index (χ3v) is 6.39. The molecule has 0 aromatic heterocycles. The van der Waals surface area contributed by atoms with Gasteiger partial charge in [-0.3, -0.25) is 14.6 Å². The molecule has 2 aliphatic heterocycles. The molecule has 6 heteroatoms. The number of morpholine rings is 1. The highest BCUT2D eigenvalue weighted by atomic mass is 35.5. The van der Waals surface area contributed by atoms with Crippen LogP contribution in [0.4, 0.5) is 0 Å². The van der Waals surface area contributed by atoms with Gasteiger partial charge < -0.3 is 4.74 Å². The molecule has 0 bridgehead atoms. The maximum atomic E-state index is 12.8. The summed E-state index contributed by atoms with van der Waals surface area (Å²) in [4.78, 5) is 18.0. The topological polar surface area (TPSA) is 32.8 Å². The molecule has 0 spiro atoms. The van der Waals surface area contributed by atoms with E-state index in [-0.39, 0.29) is 30.6 Å². The van der Waals surface area contributed by atoms with Gasteiger partial charge in [0.2, 0.25) is 0 Å². The quantitative estimate of drug-likeness (QED) is 0.571. The van der Waals surface area contributed by atoms with E-state index < -0.39 is 0 Å². The van der Waals surface area contributed by atoms with Crippen molar-refractivity contribution in [3.8, 4) is 0 Å². The predicted octanol–water partition coefficient (Wildman–Crippen LogP) is 4.87. The van der Waals surface area contributed by atoms with Gasteiger partial charge >= 0.3 is 0 Å². The minimum Gasteiger partial charge on any atom is -0.379 e. The molecule has 2 aromatic carbocycles. The smallest absolute Gasteiger partial charge is 0.193 e. The van der Waals surface area contributed by atoms with Crippen LogP contribution in [0.15, 0.2) is 54.6 Å². The van der Waals surface area contributed by atoms with Gasteiger partial charge in [0.25, 0.3) is 0 Å². The molecule has 0 radical (unpaired) electrons. The number of hydrogen-bond acceptors (Lipinski definition) is 4. The van der Waals surface area contributed by atoms with Crippen molar-refractivity contribution in [2.45, 2.75) is 25.8 Å². The molecule has 2 aromatic rings. The van der Waals surface area contributed by atoms with Crippen LogP contribution in [0.5, 0.6) is 0 Å². The second-order valence-corrected chi connectivity index (χ2v) is 8.41. The van der Waals surface area contributed by atoms with Crippen molar-refractivity contribution in [2.24, 2.45) is 5.92 Å². The summed E-state index contributed by atoms with van der Waals surface area (Å²) in [5.74, 6) is 0.821. The van der Waals surface area contributed by atoms with Crippen LogP contribution in [0, 0.1) is 5.92 Å². The molecule has 31 heavy (non-hydrogen) atoms. The van der Waals surface area contributed by atoms with Crippen LogP contribution in [-0.2, 0) is 4.74 Å². The van der Waals surface area contributed by atoms with E-state index in [4.69, 9.17) is 4.74 Å². The Bertz CT molecular complexity index is 812. The molecule has 4 nitrogen and oxygen atoms in total. The predicted molar refractivity (Wildman–Crippen MR) is 131 cm³/mol. The number of rotatable bonds is 6. The first kappa shape index (κ1) is 25.8. The zero-order valence-corrected chi connectivity index (χ0v) is 19.9. The normalized spacial score (nSPS) is 20.9. The van der Waals surface area contributed by atoms with Gasteiger partial charge in [-0.05, 0) is 43.9 Å². The summed E-state index contributed by atoms with van der Waals surface area (Å²) in [6, 6.07) is 18.1. The fourth-order valence-corrected chi connectivity index (χ4v) is 4.65. The number of nitrogens with zero attached hydrogens (tertiary/aromatic N) is 2. The standard InChI is InChI=1S/C25H32N2O2.2ClH/c1-20(27-12-6-7-21(19-27)18-26-13-15-29-16-14-26)23-10-5-11-24(17-23)25(28)22-8-3-2-4-9-22;;/h2-5,8-11,17,20-21H,6-7,12-16,18-19H2,1H3;2*1H. The van der Waals surface area contributed by atoms with Crippen molar-refractivity contribution in [3.05, 3.63) is 71.3 Å². The Morgan fingerprint density at radius 3 is 2.45 bits per heavy atom. The Morgan fingerprint density at radius 1 is 1.00 bits per heavy atom. The SMILES string of the molecule is CC(c1cccc(C(=O)c2ccccc2)c1)N1CCCC(CN2CCOCC2)C1.Cl.Cl. The Balaban J connectivity index is 0.00000171. The second kappa shape index (κ2) is 12.6. The summed E-state index contributed by atoms with van der Waals surface area (Å²) >= 11 is 0. The lowest BCUT2D eigenvalue weighted by atomic mass is 9.93. The molecule has 2 heterocycles. The molecular weight excluding hydrogens is 431 g/mol. The van der Waals surface area contributed by atoms with E-state index in [9.17, 15) is 4.79 Å². The number of carbonyl (C=O) groups is 1. The Kier molecular flexibility index (Phi) is 10.5. The van der Waals surface area contributed by atoms with Crippen molar-refractivity contribution in [1.82, 2.24) is 9.80 Å². The molecule has 2 aliphatic rings. The van der Waals surface area contributed by atoms with E-state index in [0.717, 1.165) is 56.4 Å².